The van der Waals surface area contributed by atoms with E-state index in [1.807, 2.05) is 0 Å². The molecule has 0 unspecified atom stereocenters. The van der Waals surface area contributed by atoms with Gasteiger partial charge in [-0.1, -0.05) is 0 Å². The fourth-order valence-electron chi connectivity index (χ4n) is 2.79. The highest BCUT2D eigenvalue weighted by molar-refractivity contribution is 6.02. The van der Waals surface area contributed by atoms with Crippen LogP contribution in [0, 0.1) is 0 Å². The van der Waals surface area contributed by atoms with Crippen molar-refractivity contribution in [2.24, 2.45) is 0 Å². The number of benzene rings is 2. The summed E-state index contributed by atoms with van der Waals surface area (Å²) in [5, 5.41) is 34.3. The molecule has 28 heavy (non-hydrogen) atoms. The Morgan fingerprint density at radius 3 is 2.61 bits per heavy atom. The number of carboxylic acid groups (broad SMARTS) is 1. The lowest BCUT2D eigenvalue weighted by molar-refractivity contribution is 0.0699. The fraction of sp³-hybridized carbons (Fsp3) is 0.222. The Bertz CT molecular complexity index is 1220. The van der Waals surface area contributed by atoms with Crippen LogP contribution in [0.15, 0.2) is 27.8 Å². The van der Waals surface area contributed by atoms with Crippen LogP contribution >= 0.6 is 0 Å². The van der Waals surface area contributed by atoms with E-state index < -0.39 is 16.8 Å². The number of H-pyrrole nitrogens is 1. The SMILES string of the molecule is O=C(O)c1ccc(=O)c2nc3c(=CNCCNCCO)c(O)cc(=O)c3[nH]c12. The molecule has 0 saturated heterocycles. The van der Waals surface area contributed by atoms with Crippen LogP contribution in [0.2, 0.25) is 0 Å². The van der Waals surface area contributed by atoms with Gasteiger partial charge in [-0.2, -0.15) is 0 Å². The average molecular weight is 386 g/mol. The number of carbonyl (C=O) groups is 1. The molecule has 2 aromatic carbocycles. The van der Waals surface area contributed by atoms with Crippen molar-refractivity contribution < 1.29 is 20.1 Å². The summed E-state index contributed by atoms with van der Waals surface area (Å²) in [4.78, 5) is 42.7. The lowest BCUT2D eigenvalue weighted by Crippen LogP contribution is -2.28. The molecule has 3 rings (SSSR count). The van der Waals surface area contributed by atoms with Gasteiger partial charge < -0.3 is 30.9 Å². The largest absolute Gasteiger partial charge is 0.507 e. The Kier molecular flexibility index (Phi) is 5.52. The monoisotopic (exact) mass is 386 g/mol. The number of hydrogen-bond acceptors (Lipinski definition) is 8. The van der Waals surface area contributed by atoms with Crippen molar-refractivity contribution >= 4 is 34.2 Å². The Labute approximate surface area is 157 Å². The van der Waals surface area contributed by atoms with Gasteiger partial charge in [0.15, 0.2) is 0 Å². The number of hydrogen-bond donors (Lipinski definition) is 6. The number of phenolic OH excluding ortho intramolecular Hbond substituents is 1. The lowest BCUT2D eigenvalue weighted by atomic mass is 10.1. The predicted molar refractivity (Wildman–Crippen MR) is 102 cm³/mol. The first-order valence-electron chi connectivity index (χ1n) is 8.45. The molecule has 0 saturated carbocycles. The molecular weight excluding hydrogens is 368 g/mol. The topological polar surface area (TPSA) is 165 Å². The van der Waals surface area contributed by atoms with Crippen molar-refractivity contribution in [2.75, 3.05) is 26.2 Å². The van der Waals surface area contributed by atoms with Gasteiger partial charge in [-0.15, -0.1) is 0 Å². The number of aromatic hydroxyl groups is 1. The van der Waals surface area contributed by atoms with Crippen molar-refractivity contribution in [1.29, 1.82) is 0 Å². The average Bonchev–Trinajstić information content (AvgIpc) is 2.66. The molecular formula is C18H18N4O6. The van der Waals surface area contributed by atoms with Gasteiger partial charge >= 0.3 is 5.97 Å². The number of fused-ring (bicyclic) bond motifs is 2. The zero-order valence-electron chi connectivity index (χ0n) is 14.7. The van der Waals surface area contributed by atoms with Gasteiger partial charge in [0.1, 0.15) is 22.3 Å². The third-order valence-electron chi connectivity index (χ3n) is 4.11. The van der Waals surface area contributed by atoms with Crippen molar-refractivity contribution in [3.63, 3.8) is 0 Å². The molecule has 0 bridgehead atoms. The summed E-state index contributed by atoms with van der Waals surface area (Å²) < 4.78 is 0. The molecule has 0 aliphatic carbocycles. The van der Waals surface area contributed by atoms with E-state index in [1.54, 1.807) is 0 Å². The fourth-order valence-corrected chi connectivity index (χ4v) is 2.79. The molecule has 6 N–H and O–H groups in total. The number of aliphatic hydroxyl groups is 1. The van der Waals surface area contributed by atoms with Gasteiger partial charge in [-0.05, 0) is 12.1 Å². The number of aromatic carboxylic acids is 1. The Balaban J connectivity index is 2.19. The van der Waals surface area contributed by atoms with E-state index in [0.29, 0.717) is 19.6 Å². The number of nitrogens with one attached hydrogen (secondary N) is 3. The predicted octanol–water partition coefficient (Wildman–Crippen LogP) is -1.53. The quantitative estimate of drug-likeness (QED) is 0.209. The smallest absolute Gasteiger partial charge is 0.337 e. The number of aromatic amines is 1. The molecule has 10 nitrogen and oxygen atoms in total. The molecule has 10 heteroatoms. The summed E-state index contributed by atoms with van der Waals surface area (Å²) in [6.07, 6.45) is 1.45. The van der Waals surface area contributed by atoms with Crippen molar-refractivity contribution in [3.05, 3.63) is 49.4 Å². The van der Waals surface area contributed by atoms with E-state index in [2.05, 4.69) is 20.6 Å². The van der Waals surface area contributed by atoms with E-state index >= 15 is 0 Å². The standard InChI is InChI=1S/C18H18N4O6/c23-6-5-19-3-4-20-8-10-12(25)7-13(26)17-15(10)22-16-11(24)2-1-9(18(27)28)14(16)21-17/h1-2,7-8,19-21,23,25H,3-6H2,(H,27,28). The molecule has 0 amide bonds. The van der Waals surface area contributed by atoms with Gasteiger partial charge in [0.25, 0.3) is 0 Å². The van der Waals surface area contributed by atoms with Crippen LogP contribution < -0.4 is 26.7 Å². The van der Waals surface area contributed by atoms with Crippen LogP contribution in [0.3, 0.4) is 0 Å². The molecule has 0 fully saturated rings. The maximum atomic E-state index is 12.3. The first-order chi connectivity index (χ1) is 13.4. The number of aliphatic hydroxyl groups excluding tert-OH is 1. The minimum atomic E-state index is -1.27. The van der Waals surface area contributed by atoms with Crippen LogP contribution in [0.4, 0.5) is 0 Å². The van der Waals surface area contributed by atoms with Crippen LogP contribution in [0.25, 0.3) is 28.3 Å². The third kappa shape index (κ3) is 3.63. The maximum absolute atomic E-state index is 12.3. The van der Waals surface area contributed by atoms with E-state index in [4.69, 9.17) is 5.11 Å². The molecule has 0 radical (unpaired) electrons. The lowest BCUT2D eigenvalue weighted by Gasteiger charge is -2.07. The third-order valence-corrected chi connectivity index (χ3v) is 4.11. The zero-order chi connectivity index (χ0) is 20.3. The Morgan fingerprint density at radius 2 is 1.89 bits per heavy atom. The first-order valence-corrected chi connectivity index (χ1v) is 8.45. The maximum Gasteiger partial charge on any atom is 0.337 e. The second-order valence-electron chi connectivity index (χ2n) is 5.98. The van der Waals surface area contributed by atoms with Gasteiger partial charge in [-0.3, -0.25) is 9.59 Å². The highest BCUT2D eigenvalue weighted by Crippen LogP contribution is 2.15. The first kappa shape index (κ1) is 19.3. The summed E-state index contributed by atoms with van der Waals surface area (Å²) in [5.74, 6) is -1.59. The number of carboxylic acids is 1. The number of aromatic nitrogens is 2. The van der Waals surface area contributed by atoms with Gasteiger partial charge in [0, 0.05) is 31.9 Å². The second kappa shape index (κ2) is 8.03. The normalized spacial score (nSPS) is 12.0. The van der Waals surface area contributed by atoms with Crippen LogP contribution in [0.1, 0.15) is 10.4 Å². The summed E-state index contributed by atoms with van der Waals surface area (Å²) in [6.45, 7) is 1.47. The van der Waals surface area contributed by atoms with Crippen molar-refractivity contribution in [2.45, 2.75) is 0 Å². The van der Waals surface area contributed by atoms with Gasteiger partial charge in [-0.25, -0.2) is 9.78 Å². The van der Waals surface area contributed by atoms with Gasteiger partial charge in [0.05, 0.1) is 22.9 Å². The minimum absolute atomic E-state index is 0.0167. The molecule has 3 aromatic rings. The van der Waals surface area contributed by atoms with E-state index in [0.717, 1.165) is 18.2 Å². The zero-order valence-corrected chi connectivity index (χ0v) is 14.7. The highest BCUT2D eigenvalue weighted by atomic mass is 16.4. The molecule has 0 aliphatic heterocycles. The van der Waals surface area contributed by atoms with E-state index in [9.17, 15) is 24.6 Å². The van der Waals surface area contributed by atoms with Crippen LogP contribution in [0.5, 0.6) is 5.75 Å². The Hall–Kier alpha value is -3.50. The number of phenols is 1. The summed E-state index contributed by atoms with van der Waals surface area (Å²) in [7, 11) is 0. The molecule has 0 atom stereocenters. The van der Waals surface area contributed by atoms with Crippen molar-refractivity contribution in [3.8, 4) is 5.75 Å². The molecule has 1 heterocycles. The van der Waals surface area contributed by atoms with E-state index in [-0.39, 0.29) is 45.2 Å². The molecule has 1 aromatic heterocycles. The Morgan fingerprint density at radius 1 is 1.11 bits per heavy atom. The second-order valence-corrected chi connectivity index (χ2v) is 5.98. The molecule has 0 spiro atoms. The number of rotatable bonds is 7. The molecule has 146 valence electrons. The van der Waals surface area contributed by atoms with Crippen LogP contribution in [-0.2, 0) is 0 Å². The number of nitrogens with zero attached hydrogens (tertiary/aromatic N) is 1. The highest BCUT2D eigenvalue weighted by Gasteiger charge is 2.16. The molecule has 0 aliphatic rings. The summed E-state index contributed by atoms with van der Waals surface area (Å²) >= 11 is 0. The van der Waals surface area contributed by atoms with Crippen molar-refractivity contribution in [1.82, 2.24) is 20.6 Å². The van der Waals surface area contributed by atoms with E-state index in [1.165, 1.54) is 6.20 Å². The summed E-state index contributed by atoms with van der Waals surface area (Å²) in [5.41, 5.74) is -1.45. The summed E-state index contributed by atoms with van der Waals surface area (Å²) in [6, 6.07) is 3.23. The van der Waals surface area contributed by atoms with Gasteiger partial charge in [0.2, 0.25) is 10.9 Å². The van der Waals surface area contributed by atoms with Crippen LogP contribution in [-0.4, -0.2) is 57.5 Å². The minimum Gasteiger partial charge on any atom is -0.507 e.